The highest BCUT2D eigenvalue weighted by atomic mass is 19.1. The average molecular weight is 314 g/mol. The number of nitrogens with zero attached hydrogens (tertiary/aromatic N) is 2. The molecule has 0 bridgehead atoms. The summed E-state index contributed by atoms with van der Waals surface area (Å²) in [6, 6.07) is 7.81. The Balaban J connectivity index is 1.62. The zero-order chi connectivity index (χ0) is 15.6. The summed E-state index contributed by atoms with van der Waals surface area (Å²) in [5.74, 6) is 0.348. The van der Waals surface area contributed by atoms with Crippen molar-refractivity contribution in [2.45, 2.75) is 38.1 Å². The van der Waals surface area contributed by atoms with E-state index in [2.05, 4.69) is 4.90 Å². The van der Waals surface area contributed by atoms with Crippen molar-refractivity contribution in [2.24, 2.45) is 0 Å². The summed E-state index contributed by atoms with van der Waals surface area (Å²) in [4.78, 5) is 7.05. The monoisotopic (exact) mass is 314 g/mol. The predicted octanol–water partition coefficient (Wildman–Crippen LogP) is 3.86. The Labute approximate surface area is 136 Å². The normalized spacial score (nSPS) is 20.4. The Morgan fingerprint density at radius 3 is 2.65 bits per heavy atom. The Morgan fingerprint density at radius 2 is 1.87 bits per heavy atom. The van der Waals surface area contributed by atoms with Gasteiger partial charge in [0.2, 0.25) is 0 Å². The highest BCUT2D eigenvalue weighted by Gasteiger charge is 2.19. The van der Waals surface area contributed by atoms with Gasteiger partial charge in [-0.2, -0.15) is 0 Å². The summed E-state index contributed by atoms with van der Waals surface area (Å²) in [5, 5.41) is 0.650. The highest BCUT2D eigenvalue weighted by Crippen LogP contribution is 2.29. The fraction of sp³-hybridized carbons (Fsp3) is 0.526. The first-order valence-electron chi connectivity index (χ1n) is 8.69. The molecule has 23 heavy (non-hydrogen) atoms. The van der Waals surface area contributed by atoms with E-state index in [1.54, 1.807) is 0 Å². The van der Waals surface area contributed by atoms with Crippen LogP contribution in [-0.2, 0) is 11.3 Å². The van der Waals surface area contributed by atoms with Crippen molar-refractivity contribution in [2.75, 3.05) is 26.3 Å². The van der Waals surface area contributed by atoms with Gasteiger partial charge in [-0.3, -0.25) is 9.88 Å². The van der Waals surface area contributed by atoms with Gasteiger partial charge in [0, 0.05) is 42.3 Å². The number of pyridine rings is 1. The highest BCUT2D eigenvalue weighted by molar-refractivity contribution is 5.80. The number of hydrogen-bond donors (Lipinski definition) is 0. The zero-order valence-corrected chi connectivity index (χ0v) is 13.4. The summed E-state index contributed by atoms with van der Waals surface area (Å²) >= 11 is 0. The molecule has 2 saturated heterocycles. The molecule has 4 heteroatoms. The number of benzene rings is 1. The molecule has 1 aromatic carbocycles. The first kappa shape index (κ1) is 15.0. The lowest BCUT2D eigenvalue weighted by atomic mass is 9.95. The zero-order valence-electron chi connectivity index (χ0n) is 13.4. The van der Waals surface area contributed by atoms with Crippen molar-refractivity contribution in [1.82, 2.24) is 9.88 Å². The maximum atomic E-state index is 14.8. The van der Waals surface area contributed by atoms with Crippen LogP contribution in [0.5, 0.6) is 0 Å². The van der Waals surface area contributed by atoms with Gasteiger partial charge >= 0.3 is 0 Å². The molecule has 3 nitrogen and oxygen atoms in total. The van der Waals surface area contributed by atoms with Gasteiger partial charge in [0.05, 0.1) is 5.52 Å². The lowest BCUT2D eigenvalue weighted by Crippen LogP contribution is -2.19. The maximum absolute atomic E-state index is 14.8. The lowest BCUT2D eigenvalue weighted by Gasteiger charge is -2.22. The fourth-order valence-corrected chi connectivity index (χ4v) is 3.75. The van der Waals surface area contributed by atoms with Crippen molar-refractivity contribution < 1.29 is 9.13 Å². The van der Waals surface area contributed by atoms with Crippen LogP contribution in [0.25, 0.3) is 10.9 Å². The fourth-order valence-electron chi connectivity index (χ4n) is 3.75. The van der Waals surface area contributed by atoms with E-state index in [1.165, 1.54) is 12.8 Å². The number of aromatic nitrogens is 1. The van der Waals surface area contributed by atoms with Gasteiger partial charge in [0.15, 0.2) is 0 Å². The van der Waals surface area contributed by atoms with E-state index >= 15 is 0 Å². The van der Waals surface area contributed by atoms with Gasteiger partial charge in [-0.05, 0) is 57.0 Å². The van der Waals surface area contributed by atoms with Crippen molar-refractivity contribution in [1.29, 1.82) is 0 Å². The van der Waals surface area contributed by atoms with Crippen molar-refractivity contribution in [3.05, 3.63) is 41.3 Å². The minimum absolute atomic E-state index is 0.0968. The second-order valence-electron chi connectivity index (χ2n) is 6.71. The molecule has 0 aliphatic carbocycles. The van der Waals surface area contributed by atoms with Crippen molar-refractivity contribution in [3.8, 4) is 0 Å². The molecule has 2 aliphatic heterocycles. The molecule has 3 heterocycles. The van der Waals surface area contributed by atoms with E-state index in [0.717, 1.165) is 55.9 Å². The van der Waals surface area contributed by atoms with E-state index in [-0.39, 0.29) is 5.82 Å². The molecule has 0 saturated carbocycles. The quantitative estimate of drug-likeness (QED) is 0.860. The van der Waals surface area contributed by atoms with Gasteiger partial charge in [0.25, 0.3) is 0 Å². The van der Waals surface area contributed by atoms with Gasteiger partial charge in [-0.15, -0.1) is 0 Å². The molecule has 0 amide bonds. The Kier molecular flexibility index (Phi) is 4.27. The maximum Gasteiger partial charge on any atom is 0.137 e. The third kappa shape index (κ3) is 3.10. The second kappa shape index (κ2) is 6.54. The number of hydrogen-bond acceptors (Lipinski definition) is 3. The third-order valence-electron chi connectivity index (χ3n) is 5.14. The molecule has 0 radical (unpaired) electrons. The van der Waals surface area contributed by atoms with Crippen LogP contribution in [0.2, 0.25) is 0 Å². The van der Waals surface area contributed by atoms with Crippen molar-refractivity contribution >= 4 is 10.9 Å². The van der Waals surface area contributed by atoms with Crippen LogP contribution in [0.15, 0.2) is 24.3 Å². The Morgan fingerprint density at radius 1 is 1.09 bits per heavy atom. The molecule has 4 rings (SSSR count). The van der Waals surface area contributed by atoms with E-state index < -0.39 is 0 Å². The largest absolute Gasteiger partial charge is 0.381 e. The van der Waals surface area contributed by atoms with E-state index in [0.29, 0.717) is 17.8 Å². The third-order valence-corrected chi connectivity index (χ3v) is 5.14. The Hall–Kier alpha value is -1.52. The first-order chi connectivity index (χ1) is 11.3. The van der Waals surface area contributed by atoms with Crippen LogP contribution in [0.3, 0.4) is 0 Å². The van der Waals surface area contributed by atoms with E-state index in [4.69, 9.17) is 9.72 Å². The average Bonchev–Trinajstić information content (AvgIpc) is 3.11. The minimum Gasteiger partial charge on any atom is -0.381 e. The van der Waals surface area contributed by atoms with Crippen LogP contribution >= 0.6 is 0 Å². The van der Waals surface area contributed by atoms with Crippen molar-refractivity contribution in [3.63, 3.8) is 0 Å². The molecule has 2 aliphatic rings. The van der Waals surface area contributed by atoms with Crippen LogP contribution < -0.4 is 0 Å². The predicted molar refractivity (Wildman–Crippen MR) is 89.0 cm³/mol. The minimum atomic E-state index is -0.0968. The van der Waals surface area contributed by atoms with Crippen LogP contribution in [0.1, 0.15) is 42.9 Å². The SMILES string of the molecule is Fc1c(CN2CCCC2)ccc2nc(C3CCOCC3)ccc12. The summed E-state index contributed by atoms with van der Waals surface area (Å²) < 4.78 is 20.2. The number of fused-ring (bicyclic) bond motifs is 1. The van der Waals surface area contributed by atoms with Gasteiger partial charge in [-0.25, -0.2) is 4.39 Å². The molecular weight excluding hydrogens is 291 g/mol. The van der Waals surface area contributed by atoms with Crippen LogP contribution in [0.4, 0.5) is 4.39 Å². The summed E-state index contributed by atoms with van der Waals surface area (Å²) in [6.07, 6.45) is 4.47. The number of likely N-dealkylation sites (tertiary alicyclic amines) is 1. The van der Waals surface area contributed by atoms with E-state index in [9.17, 15) is 4.39 Å². The molecule has 0 unspecified atom stereocenters. The second-order valence-corrected chi connectivity index (χ2v) is 6.71. The molecule has 2 fully saturated rings. The molecule has 0 spiro atoms. The first-order valence-corrected chi connectivity index (χ1v) is 8.69. The molecular formula is C19H23FN2O. The van der Waals surface area contributed by atoms with E-state index in [1.807, 2.05) is 24.3 Å². The molecule has 0 N–H and O–H groups in total. The Bertz CT molecular complexity index is 691. The number of rotatable bonds is 3. The molecule has 2 aromatic rings. The summed E-state index contributed by atoms with van der Waals surface area (Å²) in [5.41, 5.74) is 2.64. The topological polar surface area (TPSA) is 25.4 Å². The number of halogens is 1. The number of ether oxygens (including phenoxy) is 1. The smallest absolute Gasteiger partial charge is 0.137 e. The van der Waals surface area contributed by atoms with Gasteiger partial charge in [-0.1, -0.05) is 6.07 Å². The standard InChI is InChI=1S/C19H23FN2O/c20-19-15(13-22-9-1-2-10-22)3-5-18-16(19)4-6-17(21-18)14-7-11-23-12-8-14/h3-6,14H,1-2,7-13H2. The molecule has 122 valence electrons. The molecule has 0 atom stereocenters. The summed E-state index contributed by atoms with van der Waals surface area (Å²) in [7, 11) is 0. The molecule has 1 aromatic heterocycles. The summed E-state index contributed by atoms with van der Waals surface area (Å²) in [6.45, 7) is 4.47. The van der Waals surface area contributed by atoms with Gasteiger partial charge < -0.3 is 4.74 Å². The van der Waals surface area contributed by atoms with Gasteiger partial charge in [0.1, 0.15) is 5.82 Å². The lowest BCUT2D eigenvalue weighted by molar-refractivity contribution is 0.0846. The van der Waals surface area contributed by atoms with Crippen LogP contribution in [-0.4, -0.2) is 36.2 Å². The van der Waals surface area contributed by atoms with Crippen LogP contribution in [0, 0.1) is 5.82 Å².